The quantitative estimate of drug-likeness (QED) is 0.166. The molecule has 0 aliphatic heterocycles. The van der Waals surface area contributed by atoms with Crippen molar-refractivity contribution >= 4 is 29.3 Å². The highest BCUT2D eigenvalue weighted by Crippen LogP contribution is 2.37. The second-order valence-corrected chi connectivity index (χ2v) is 13.3. The third-order valence-corrected chi connectivity index (χ3v) is 8.28. The van der Waals surface area contributed by atoms with Crippen molar-refractivity contribution in [2.45, 2.75) is 77.6 Å². The molecule has 4 N–H and O–H groups in total. The third-order valence-electron chi connectivity index (χ3n) is 8.28. The van der Waals surface area contributed by atoms with E-state index in [-0.39, 0.29) is 29.7 Å². The summed E-state index contributed by atoms with van der Waals surface area (Å²) in [7, 11) is 0. The van der Waals surface area contributed by atoms with Gasteiger partial charge < -0.3 is 26.1 Å². The van der Waals surface area contributed by atoms with Gasteiger partial charge in [-0.3, -0.25) is 9.59 Å². The van der Waals surface area contributed by atoms with Crippen LogP contribution in [0.15, 0.2) is 72.8 Å². The third kappa shape index (κ3) is 10.4. The predicted molar refractivity (Wildman–Crippen MR) is 180 cm³/mol. The van der Waals surface area contributed by atoms with E-state index in [4.69, 9.17) is 10.1 Å². The second-order valence-electron chi connectivity index (χ2n) is 13.3. The summed E-state index contributed by atoms with van der Waals surface area (Å²) in [5.74, 6) is -0.894. The van der Waals surface area contributed by atoms with Gasteiger partial charge in [0.1, 0.15) is 11.6 Å². The van der Waals surface area contributed by atoms with Crippen molar-refractivity contribution in [2.24, 2.45) is 11.8 Å². The van der Waals surface area contributed by atoms with E-state index in [1.807, 2.05) is 0 Å². The van der Waals surface area contributed by atoms with E-state index < -0.39 is 35.4 Å². The molecule has 8 nitrogen and oxygen atoms in total. The molecule has 0 saturated heterocycles. The maximum atomic E-state index is 13.8. The van der Waals surface area contributed by atoms with Crippen molar-refractivity contribution in [3.63, 3.8) is 0 Å². The van der Waals surface area contributed by atoms with Gasteiger partial charge in [0, 0.05) is 30.3 Å². The first-order valence-corrected chi connectivity index (χ1v) is 16.1. The highest BCUT2D eigenvalue weighted by molar-refractivity contribution is 5.99. The standard InChI is InChI=1S/C37H43F3N4O4/c1-23(41)26-16-18-29(19-17-26)43-34(46)32(21-25-8-7-9-28(20-25)30-10-5-6-11-31(30)37(38,39)40)44-33(45)27-14-12-24(13-15-27)22-42-35(47)48-36(2,3)4/h5-11,16-20,24,27,32,41H,12-15,21-22H2,1-4H3,(H,42,47)(H,43,46)(H,44,45)/t24?,27?,32-/m0/s1. The Morgan fingerprint density at radius 1 is 0.917 bits per heavy atom. The molecule has 1 aliphatic carbocycles. The van der Waals surface area contributed by atoms with Gasteiger partial charge in [0.2, 0.25) is 11.8 Å². The highest BCUT2D eigenvalue weighted by atomic mass is 19.4. The van der Waals surface area contributed by atoms with Gasteiger partial charge in [-0.1, -0.05) is 54.6 Å². The highest BCUT2D eigenvalue weighted by Gasteiger charge is 2.34. The average Bonchev–Trinajstić information content (AvgIpc) is 3.03. The molecule has 1 atom stereocenters. The first-order chi connectivity index (χ1) is 22.6. The number of carbonyl (C=O) groups is 3. The molecule has 48 heavy (non-hydrogen) atoms. The lowest BCUT2D eigenvalue weighted by Crippen LogP contribution is -2.48. The van der Waals surface area contributed by atoms with Crippen LogP contribution in [0.3, 0.4) is 0 Å². The fourth-order valence-corrected chi connectivity index (χ4v) is 5.79. The minimum absolute atomic E-state index is 0.0244. The summed E-state index contributed by atoms with van der Waals surface area (Å²) in [5.41, 5.74) is 1.15. The summed E-state index contributed by atoms with van der Waals surface area (Å²) in [4.78, 5) is 39.2. The molecule has 0 radical (unpaired) electrons. The number of halogens is 3. The number of alkyl carbamates (subject to hydrolysis) is 1. The number of hydrogen-bond acceptors (Lipinski definition) is 5. The van der Waals surface area contributed by atoms with Crippen molar-refractivity contribution in [1.82, 2.24) is 10.6 Å². The van der Waals surface area contributed by atoms with Crippen molar-refractivity contribution in [2.75, 3.05) is 11.9 Å². The van der Waals surface area contributed by atoms with E-state index in [2.05, 4.69) is 16.0 Å². The van der Waals surface area contributed by atoms with E-state index in [0.717, 1.165) is 6.07 Å². The largest absolute Gasteiger partial charge is 0.444 e. The average molecular weight is 665 g/mol. The Balaban J connectivity index is 1.48. The number of benzene rings is 3. The Labute approximate surface area is 279 Å². The number of ether oxygens (including phenoxy) is 1. The Morgan fingerprint density at radius 2 is 1.58 bits per heavy atom. The first kappa shape index (κ1) is 36.2. The van der Waals surface area contributed by atoms with Crippen LogP contribution in [-0.4, -0.2) is 41.8 Å². The molecule has 0 unspecified atom stereocenters. The van der Waals surface area contributed by atoms with E-state index in [1.165, 1.54) is 12.1 Å². The van der Waals surface area contributed by atoms with Gasteiger partial charge in [0.15, 0.2) is 0 Å². The van der Waals surface area contributed by atoms with Crippen molar-refractivity contribution in [3.05, 3.63) is 89.5 Å². The Hall–Kier alpha value is -4.67. The molecule has 0 spiro atoms. The molecule has 4 rings (SSSR count). The summed E-state index contributed by atoms with van der Waals surface area (Å²) in [6.07, 6.45) is -2.39. The summed E-state index contributed by atoms with van der Waals surface area (Å²) < 4.78 is 46.6. The SMILES string of the molecule is CC(=N)c1ccc(NC(=O)[C@H](Cc2cccc(-c3ccccc3C(F)(F)F)c2)NC(=O)C2CCC(CNC(=O)OC(C)(C)C)CC2)cc1. The molecular weight excluding hydrogens is 621 g/mol. The maximum Gasteiger partial charge on any atom is 0.417 e. The maximum absolute atomic E-state index is 13.8. The molecule has 1 aliphatic rings. The summed E-state index contributed by atoms with van der Waals surface area (Å²) in [6.45, 7) is 7.48. The molecule has 1 fully saturated rings. The molecule has 11 heteroatoms. The van der Waals surface area contributed by atoms with Crippen LogP contribution < -0.4 is 16.0 Å². The minimum atomic E-state index is -4.54. The molecule has 1 saturated carbocycles. The normalized spacial score (nSPS) is 17.1. The van der Waals surface area contributed by atoms with Gasteiger partial charge >= 0.3 is 12.3 Å². The number of carbonyl (C=O) groups excluding carboxylic acids is 3. The summed E-state index contributed by atoms with van der Waals surface area (Å²) >= 11 is 0. The summed E-state index contributed by atoms with van der Waals surface area (Å²) in [6, 6.07) is 17.6. The van der Waals surface area contributed by atoms with E-state index in [1.54, 1.807) is 82.3 Å². The van der Waals surface area contributed by atoms with Crippen LogP contribution in [0, 0.1) is 17.2 Å². The zero-order chi connectivity index (χ0) is 35.1. The van der Waals surface area contributed by atoms with Crippen molar-refractivity contribution in [3.8, 4) is 11.1 Å². The number of rotatable bonds is 10. The molecule has 3 aromatic rings. The van der Waals surface area contributed by atoms with E-state index >= 15 is 0 Å². The van der Waals surface area contributed by atoms with Crippen LogP contribution >= 0.6 is 0 Å². The second kappa shape index (κ2) is 15.5. The predicted octanol–water partition coefficient (Wildman–Crippen LogP) is 7.76. The molecule has 3 aromatic carbocycles. The molecule has 0 bridgehead atoms. The van der Waals surface area contributed by atoms with E-state index in [0.29, 0.717) is 60.3 Å². The van der Waals surface area contributed by atoms with Crippen LogP contribution in [0.1, 0.15) is 70.1 Å². The van der Waals surface area contributed by atoms with Crippen LogP contribution in [0.25, 0.3) is 11.1 Å². The van der Waals surface area contributed by atoms with Gasteiger partial charge in [-0.2, -0.15) is 13.2 Å². The molecule has 0 heterocycles. The number of nitrogens with one attached hydrogen (secondary N) is 4. The smallest absolute Gasteiger partial charge is 0.417 e. The monoisotopic (exact) mass is 664 g/mol. The topological polar surface area (TPSA) is 120 Å². The number of amides is 3. The van der Waals surface area contributed by atoms with Gasteiger partial charge in [-0.05, 0) is 99.7 Å². The zero-order valence-electron chi connectivity index (χ0n) is 27.7. The number of alkyl halides is 3. The molecular formula is C37H43F3N4O4. The van der Waals surface area contributed by atoms with Gasteiger partial charge in [-0.15, -0.1) is 0 Å². The Kier molecular flexibility index (Phi) is 11.7. The van der Waals surface area contributed by atoms with Gasteiger partial charge in [-0.25, -0.2) is 4.79 Å². The van der Waals surface area contributed by atoms with Crippen LogP contribution in [-0.2, 0) is 26.9 Å². The minimum Gasteiger partial charge on any atom is -0.444 e. The lowest BCUT2D eigenvalue weighted by molar-refractivity contribution is -0.137. The van der Waals surface area contributed by atoms with Gasteiger partial charge in [0.05, 0.1) is 5.56 Å². The van der Waals surface area contributed by atoms with E-state index in [9.17, 15) is 27.6 Å². The fourth-order valence-electron chi connectivity index (χ4n) is 5.79. The Bertz CT molecular complexity index is 1610. The first-order valence-electron chi connectivity index (χ1n) is 16.1. The lowest BCUT2D eigenvalue weighted by atomic mass is 9.81. The molecule has 256 valence electrons. The van der Waals surface area contributed by atoms with Crippen LogP contribution in [0.5, 0.6) is 0 Å². The van der Waals surface area contributed by atoms with Crippen molar-refractivity contribution in [1.29, 1.82) is 5.41 Å². The fraction of sp³-hybridized carbons (Fsp3) is 0.405. The molecule has 0 aromatic heterocycles. The molecule has 3 amide bonds. The number of anilines is 1. The van der Waals surface area contributed by atoms with Crippen LogP contribution in [0.4, 0.5) is 23.7 Å². The van der Waals surface area contributed by atoms with Crippen molar-refractivity contribution < 1.29 is 32.3 Å². The van der Waals surface area contributed by atoms with Gasteiger partial charge in [0.25, 0.3) is 0 Å². The Morgan fingerprint density at radius 3 is 2.21 bits per heavy atom. The van der Waals surface area contributed by atoms with Crippen LogP contribution in [0.2, 0.25) is 0 Å². The lowest BCUT2D eigenvalue weighted by Gasteiger charge is -2.29. The summed E-state index contributed by atoms with van der Waals surface area (Å²) in [5, 5.41) is 16.4. The zero-order valence-corrected chi connectivity index (χ0v) is 27.7. The number of hydrogen-bond donors (Lipinski definition) is 4.